The van der Waals surface area contributed by atoms with Crippen molar-refractivity contribution < 1.29 is 9.59 Å². The molecule has 3 fully saturated rings. The van der Waals surface area contributed by atoms with Crippen LogP contribution in [-0.2, 0) is 9.59 Å². The van der Waals surface area contributed by atoms with Crippen LogP contribution in [0.25, 0.3) is 0 Å². The molecule has 19 heavy (non-hydrogen) atoms. The summed E-state index contributed by atoms with van der Waals surface area (Å²) in [6.45, 7) is 0. The third-order valence-corrected chi connectivity index (χ3v) is 8.56. The van der Waals surface area contributed by atoms with E-state index in [0.29, 0.717) is 5.13 Å². The molecule has 2 bridgehead atoms. The van der Waals surface area contributed by atoms with Crippen LogP contribution in [0.2, 0.25) is 0 Å². The molecule has 1 aliphatic heterocycles. The second kappa shape index (κ2) is 4.11. The van der Waals surface area contributed by atoms with Gasteiger partial charge in [0, 0.05) is 21.2 Å². The smallest absolute Gasteiger partial charge is 0.239 e. The average Bonchev–Trinajstić information content (AvgIpc) is 3.10. The second-order valence-electron chi connectivity index (χ2n) is 5.33. The predicted octanol–water partition coefficient (Wildman–Crippen LogP) is 2.43. The van der Waals surface area contributed by atoms with Gasteiger partial charge in [-0.05, 0) is 18.3 Å². The lowest BCUT2D eigenvalue weighted by Gasteiger charge is -2.28. The number of thiazole rings is 1. The molecule has 0 unspecified atom stereocenters. The van der Waals surface area contributed by atoms with E-state index < -0.39 is 0 Å². The van der Waals surface area contributed by atoms with Gasteiger partial charge in [-0.1, -0.05) is 31.9 Å². The minimum absolute atomic E-state index is 0.0544. The molecule has 0 radical (unpaired) electrons. The second-order valence-corrected chi connectivity index (χ2v) is 8.32. The van der Waals surface area contributed by atoms with Gasteiger partial charge in [0.05, 0.1) is 11.8 Å². The van der Waals surface area contributed by atoms with Gasteiger partial charge < -0.3 is 0 Å². The van der Waals surface area contributed by atoms with Crippen LogP contribution in [-0.4, -0.2) is 26.5 Å². The minimum Gasteiger partial charge on any atom is -0.274 e. The first kappa shape index (κ1) is 12.5. The number of amides is 2. The lowest BCUT2D eigenvalue weighted by molar-refractivity contribution is -0.123. The first-order valence-electron chi connectivity index (χ1n) is 6.16. The molecule has 2 aliphatic carbocycles. The number of halogens is 2. The van der Waals surface area contributed by atoms with Crippen molar-refractivity contribution in [2.45, 2.75) is 16.1 Å². The fourth-order valence-electron chi connectivity index (χ4n) is 3.86. The molecule has 4 nitrogen and oxygen atoms in total. The van der Waals surface area contributed by atoms with Gasteiger partial charge in [0.1, 0.15) is 0 Å². The van der Waals surface area contributed by atoms with E-state index in [2.05, 4.69) is 36.8 Å². The molecule has 100 valence electrons. The summed E-state index contributed by atoms with van der Waals surface area (Å²) in [5.41, 5.74) is 0. The zero-order valence-corrected chi connectivity index (χ0v) is 13.7. The number of hydrogen-bond donors (Lipinski definition) is 0. The maximum Gasteiger partial charge on any atom is 0.239 e. The van der Waals surface area contributed by atoms with Crippen LogP contribution in [0.4, 0.5) is 5.13 Å². The summed E-state index contributed by atoms with van der Waals surface area (Å²) in [7, 11) is 0. The fourth-order valence-corrected chi connectivity index (χ4v) is 6.39. The first-order valence-corrected chi connectivity index (χ1v) is 8.88. The summed E-state index contributed by atoms with van der Waals surface area (Å²) in [5.74, 6) is 0.114. The highest BCUT2D eigenvalue weighted by Crippen LogP contribution is 2.60. The van der Waals surface area contributed by atoms with Gasteiger partial charge in [-0.25, -0.2) is 9.88 Å². The number of rotatable bonds is 1. The number of anilines is 1. The van der Waals surface area contributed by atoms with Crippen molar-refractivity contribution in [3.8, 4) is 0 Å². The lowest BCUT2D eigenvalue weighted by atomic mass is 9.81. The zero-order valence-electron chi connectivity index (χ0n) is 9.70. The summed E-state index contributed by atoms with van der Waals surface area (Å²) >= 11 is 8.68. The maximum atomic E-state index is 12.6. The highest BCUT2D eigenvalue weighted by atomic mass is 79.9. The molecule has 4 rings (SSSR count). The standard InChI is InChI=1S/C12H10Br2N2O2S/c13-8-4-3-5(9(8)14)7-6(4)10(17)16(11(7)18)12-15-1-2-19-12/h1-2,4-9H,3H2/t4-,5-,6-,7+,8+,9+/m1/s1. The van der Waals surface area contributed by atoms with Crippen molar-refractivity contribution in [2.75, 3.05) is 4.90 Å². The first-order chi connectivity index (χ1) is 9.11. The summed E-state index contributed by atoms with van der Waals surface area (Å²) in [6, 6.07) is 0. The molecule has 0 N–H and O–H groups in total. The molecule has 2 saturated carbocycles. The van der Waals surface area contributed by atoms with Crippen molar-refractivity contribution in [3.63, 3.8) is 0 Å². The van der Waals surface area contributed by atoms with Gasteiger partial charge in [-0.15, -0.1) is 11.3 Å². The van der Waals surface area contributed by atoms with E-state index in [1.165, 1.54) is 16.2 Å². The molecule has 1 aromatic heterocycles. The van der Waals surface area contributed by atoms with Crippen molar-refractivity contribution in [2.24, 2.45) is 23.7 Å². The van der Waals surface area contributed by atoms with Gasteiger partial charge in [-0.2, -0.15) is 0 Å². The number of alkyl halides is 2. The van der Waals surface area contributed by atoms with Crippen LogP contribution in [0, 0.1) is 23.7 Å². The summed E-state index contributed by atoms with van der Waals surface area (Å²) in [4.78, 5) is 31.1. The molecule has 0 aromatic carbocycles. The Morgan fingerprint density at radius 3 is 2.21 bits per heavy atom. The number of hydrogen-bond acceptors (Lipinski definition) is 4. The molecule has 1 aromatic rings. The number of carbonyl (C=O) groups excluding carboxylic acids is 2. The Morgan fingerprint density at radius 1 is 1.16 bits per heavy atom. The summed E-state index contributed by atoms with van der Waals surface area (Å²) < 4.78 is 0. The van der Waals surface area contributed by atoms with Crippen LogP contribution < -0.4 is 4.90 Å². The topological polar surface area (TPSA) is 50.3 Å². The van der Waals surface area contributed by atoms with E-state index >= 15 is 0 Å². The quantitative estimate of drug-likeness (QED) is 0.532. The van der Waals surface area contributed by atoms with Crippen LogP contribution in [0.5, 0.6) is 0 Å². The van der Waals surface area contributed by atoms with E-state index in [1.54, 1.807) is 11.6 Å². The van der Waals surface area contributed by atoms with Crippen LogP contribution >= 0.6 is 43.2 Å². The molecule has 1 saturated heterocycles. The highest BCUT2D eigenvalue weighted by Gasteiger charge is 2.66. The van der Waals surface area contributed by atoms with Crippen LogP contribution in [0.1, 0.15) is 6.42 Å². The number of fused-ring (bicyclic) bond motifs is 5. The molecular formula is C12H10Br2N2O2S. The number of aromatic nitrogens is 1. The number of carbonyl (C=O) groups is 2. The third-order valence-electron chi connectivity index (χ3n) is 4.60. The SMILES string of the molecule is O=C1[C@@H]2[C@H]3C[C@@H]([C@H](Br)[C@H]3Br)[C@@H]2C(=O)N1c1nccs1. The van der Waals surface area contributed by atoms with Crippen molar-refractivity contribution in [3.05, 3.63) is 11.6 Å². The lowest BCUT2D eigenvalue weighted by Crippen LogP contribution is -2.37. The Balaban J connectivity index is 1.76. The normalized spacial score (nSPS) is 44.2. The summed E-state index contributed by atoms with van der Waals surface area (Å²) in [6.07, 6.45) is 2.59. The Morgan fingerprint density at radius 2 is 1.74 bits per heavy atom. The monoisotopic (exact) mass is 404 g/mol. The highest BCUT2D eigenvalue weighted by molar-refractivity contribution is 9.12. The molecule has 6 atom stereocenters. The van der Waals surface area contributed by atoms with E-state index in [9.17, 15) is 9.59 Å². The Labute approximate surface area is 130 Å². The predicted molar refractivity (Wildman–Crippen MR) is 78.6 cm³/mol. The van der Waals surface area contributed by atoms with Crippen molar-refractivity contribution in [1.82, 2.24) is 4.98 Å². The van der Waals surface area contributed by atoms with Gasteiger partial charge in [0.25, 0.3) is 0 Å². The van der Waals surface area contributed by atoms with Crippen molar-refractivity contribution >= 4 is 60.1 Å². The molecule has 2 amide bonds. The fraction of sp³-hybridized carbons (Fsp3) is 0.583. The van der Waals surface area contributed by atoms with E-state index in [0.717, 1.165) is 6.42 Å². The molecule has 2 heterocycles. The Bertz CT molecular complexity index is 532. The number of imide groups is 1. The molecule has 0 spiro atoms. The Hall–Kier alpha value is -0.270. The third kappa shape index (κ3) is 1.46. The van der Waals surface area contributed by atoms with E-state index in [1.807, 2.05) is 0 Å². The average molecular weight is 406 g/mol. The van der Waals surface area contributed by atoms with Gasteiger partial charge >= 0.3 is 0 Å². The van der Waals surface area contributed by atoms with E-state index in [-0.39, 0.29) is 45.1 Å². The maximum absolute atomic E-state index is 12.6. The minimum atomic E-state index is -0.153. The Kier molecular flexibility index (Phi) is 2.70. The van der Waals surface area contributed by atoms with Crippen LogP contribution in [0.3, 0.4) is 0 Å². The van der Waals surface area contributed by atoms with Crippen molar-refractivity contribution in [1.29, 1.82) is 0 Å². The molecular weight excluding hydrogens is 396 g/mol. The largest absolute Gasteiger partial charge is 0.274 e. The zero-order chi connectivity index (χ0) is 13.3. The van der Waals surface area contributed by atoms with Gasteiger partial charge in [0.2, 0.25) is 11.8 Å². The van der Waals surface area contributed by atoms with Gasteiger partial charge in [0.15, 0.2) is 5.13 Å². The van der Waals surface area contributed by atoms with Crippen LogP contribution in [0.15, 0.2) is 11.6 Å². The molecule has 3 aliphatic rings. The van der Waals surface area contributed by atoms with E-state index in [4.69, 9.17) is 0 Å². The molecule has 7 heteroatoms. The number of nitrogens with zero attached hydrogens (tertiary/aromatic N) is 2. The van der Waals surface area contributed by atoms with Gasteiger partial charge in [-0.3, -0.25) is 9.59 Å². The summed E-state index contributed by atoms with van der Waals surface area (Å²) in [5, 5.41) is 2.31.